The van der Waals surface area contributed by atoms with E-state index >= 15 is 0 Å². The molecule has 0 radical (unpaired) electrons. The maximum absolute atomic E-state index is 10.7. The molecule has 0 saturated carbocycles. The Kier molecular flexibility index (Phi) is 1.92. The molecule has 13 heavy (non-hydrogen) atoms. The average molecular weight is 179 g/mol. The van der Waals surface area contributed by atoms with Gasteiger partial charge in [0.15, 0.2) is 6.29 Å². The first-order valence-electron chi connectivity index (χ1n) is 4.41. The van der Waals surface area contributed by atoms with Crippen LogP contribution in [0, 0.1) is 0 Å². The standard InChI is InChI=1S/C9H13N3O/c1-11-4-3-7-8(6-13)10-12(2)9(7)5-11/h6H,3-5H2,1-2H3. The van der Waals surface area contributed by atoms with Crippen molar-refractivity contribution in [2.45, 2.75) is 13.0 Å². The Morgan fingerprint density at radius 2 is 2.23 bits per heavy atom. The summed E-state index contributed by atoms with van der Waals surface area (Å²) in [5, 5.41) is 4.17. The monoisotopic (exact) mass is 179 g/mol. The number of hydrogen-bond acceptors (Lipinski definition) is 3. The molecule has 2 rings (SSSR count). The topological polar surface area (TPSA) is 38.1 Å². The SMILES string of the molecule is CN1CCc2c(C=O)nn(C)c2C1. The van der Waals surface area contributed by atoms with Crippen molar-refractivity contribution in [1.29, 1.82) is 0 Å². The van der Waals surface area contributed by atoms with Crippen LogP contribution >= 0.6 is 0 Å². The first-order valence-corrected chi connectivity index (χ1v) is 4.41. The molecule has 0 saturated heterocycles. The molecule has 0 fully saturated rings. The van der Waals surface area contributed by atoms with Crippen molar-refractivity contribution in [3.63, 3.8) is 0 Å². The van der Waals surface area contributed by atoms with Gasteiger partial charge >= 0.3 is 0 Å². The van der Waals surface area contributed by atoms with E-state index in [-0.39, 0.29) is 0 Å². The first kappa shape index (κ1) is 8.44. The highest BCUT2D eigenvalue weighted by molar-refractivity contribution is 5.74. The molecule has 0 spiro atoms. The normalized spacial score (nSPS) is 17.1. The minimum atomic E-state index is 0.616. The predicted molar refractivity (Wildman–Crippen MR) is 48.6 cm³/mol. The van der Waals surface area contributed by atoms with Crippen molar-refractivity contribution < 1.29 is 4.79 Å². The van der Waals surface area contributed by atoms with Gasteiger partial charge in [0.05, 0.1) is 5.69 Å². The van der Waals surface area contributed by atoms with E-state index < -0.39 is 0 Å². The first-order chi connectivity index (χ1) is 6.22. The van der Waals surface area contributed by atoms with Crippen LogP contribution in [0.5, 0.6) is 0 Å². The van der Waals surface area contributed by atoms with E-state index in [2.05, 4.69) is 17.0 Å². The smallest absolute Gasteiger partial charge is 0.170 e. The Morgan fingerprint density at radius 3 is 2.92 bits per heavy atom. The Morgan fingerprint density at radius 1 is 1.46 bits per heavy atom. The number of nitrogens with zero attached hydrogens (tertiary/aromatic N) is 3. The predicted octanol–water partition coefficient (Wildman–Crippen LogP) is 0.220. The van der Waals surface area contributed by atoms with Crippen LogP contribution < -0.4 is 0 Å². The van der Waals surface area contributed by atoms with Gasteiger partial charge in [-0.3, -0.25) is 9.48 Å². The molecule has 2 heterocycles. The molecule has 1 aromatic rings. The zero-order valence-electron chi connectivity index (χ0n) is 7.95. The summed E-state index contributed by atoms with van der Waals surface area (Å²) in [7, 11) is 3.97. The minimum Gasteiger partial charge on any atom is -0.300 e. The second kappa shape index (κ2) is 2.96. The minimum absolute atomic E-state index is 0.616. The van der Waals surface area contributed by atoms with E-state index in [1.165, 1.54) is 5.69 Å². The fourth-order valence-electron chi connectivity index (χ4n) is 1.83. The van der Waals surface area contributed by atoms with Crippen LogP contribution in [0.2, 0.25) is 0 Å². The van der Waals surface area contributed by atoms with Gasteiger partial charge in [-0.2, -0.15) is 5.10 Å². The van der Waals surface area contributed by atoms with Crippen LogP contribution in [0.4, 0.5) is 0 Å². The number of carbonyl (C=O) groups excluding carboxylic acids is 1. The molecule has 1 aliphatic rings. The lowest BCUT2D eigenvalue weighted by atomic mass is 10.1. The van der Waals surface area contributed by atoms with E-state index in [0.29, 0.717) is 5.69 Å². The number of hydrogen-bond donors (Lipinski definition) is 0. The van der Waals surface area contributed by atoms with Crippen molar-refractivity contribution in [2.24, 2.45) is 7.05 Å². The van der Waals surface area contributed by atoms with Crippen molar-refractivity contribution in [1.82, 2.24) is 14.7 Å². The highest BCUT2D eigenvalue weighted by Crippen LogP contribution is 2.19. The van der Waals surface area contributed by atoms with Gasteiger partial charge < -0.3 is 4.90 Å². The molecule has 0 aromatic carbocycles. The van der Waals surface area contributed by atoms with Crippen LogP contribution in [-0.2, 0) is 20.0 Å². The number of fused-ring (bicyclic) bond motifs is 1. The van der Waals surface area contributed by atoms with Gasteiger partial charge in [0.25, 0.3) is 0 Å². The summed E-state index contributed by atoms with van der Waals surface area (Å²) >= 11 is 0. The average Bonchev–Trinajstić information content (AvgIpc) is 2.43. The molecular weight excluding hydrogens is 166 g/mol. The summed E-state index contributed by atoms with van der Waals surface area (Å²) in [6.45, 7) is 1.91. The third kappa shape index (κ3) is 1.27. The molecule has 1 aliphatic heterocycles. The van der Waals surface area contributed by atoms with Crippen LogP contribution in [0.15, 0.2) is 0 Å². The lowest BCUT2D eigenvalue weighted by Gasteiger charge is -2.22. The van der Waals surface area contributed by atoms with Crippen LogP contribution in [0.1, 0.15) is 21.7 Å². The number of aromatic nitrogens is 2. The van der Waals surface area contributed by atoms with Crippen molar-refractivity contribution in [2.75, 3.05) is 13.6 Å². The molecule has 0 unspecified atom stereocenters. The molecule has 0 amide bonds. The maximum Gasteiger partial charge on any atom is 0.170 e. The number of carbonyl (C=O) groups is 1. The lowest BCUT2D eigenvalue weighted by Crippen LogP contribution is -2.27. The van der Waals surface area contributed by atoms with Gasteiger partial charge in [-0.15, -0.1) is 0 Å². The second-order valence-corrected chi connectivity index (χ2v) is 3.54. The zero-order valence-corrected chi connectivity index (χ0v) is 7.95. The molecular formula is C9H13N3O. The molecule has 0 bridgehead atoms. The molecule has 1 aromatic heterocycles. The van der Waals surface area contributed by atoms with Crippen LogP contribution in [0.3, 0.4) is 0 Å². The quantitative estimate of drug-likeness (QED) is 0.579. The number of aldehydes is 1. The highest BCUT2D eigenvalue weighted by atomic mass is 16.1. The van der Waals surface area contributed by atoms with E-state index in [9.17, 15) is 4.79 Å². The largest absolute Gasteiger partial charge is 0.300 e. The molecule has 0 aliphatic carbocycles. The van der Waals surface area contributed by atoms with E-state index in [4.69, 9.17) is 0 Å². The summed E-state index contributed by atoms with van der Waals surface area (Å²) in [5.41, 5.74) is 2.93. The summed E-state index contributed by atoms with van der Waals surface area (Å²) in [6, 6.07) is 0. The van der Waals surface area contributed by atoms with Gasteiger partial charge in [0.2, 0.25) is 0 Å². The van der Waals surface area contributed by atoms with E-state index in [1.54, 1.807) is 0 Å². The fraction of sp³-hybridized carbons (Fsp3) is 0.556. The van der Waals surface area contributed by atoms with Crippen LogP contribution in [0.25, 0.3) is 0 Å². The Labute approximate surface area is 77.1 Å². The molecule has 70 valence electrons. The van der Waals surface area contributed by atoms with Gasteiger partial charge in [-0.25, -0.2) is 0 Å². The molecule has 0 N–H and O–H groups in total. The molecule has 0 atom stereocenters. The Bertz CT molecular complexity index is 343. The Hall–Kier alpha value is -1.16. The van der Waals surface area contributed by atoms with Gasteiger partial charge in [0, 0.05) is 25.7 Å². The summed E-state index contributed by atoms with van der Waals surface area (Å²) in [6.07, 6.45) is 1.79. The number of likely N-dealkylation sites (N-methyl/N-ethyl adjacent to an activating group) is 1. The zero-order chi connectivity index (χ0) is 9.42. The molecule has 4 nitrogen and oxygen atoms in total. The van der Waals surface area contributed by atoms with Gasteiger partial charge in [0.1, 0.15) is 5.69 Å². The molecule has 4 heteroatoms. The maximum atomic E-state index is 10.7. The Balaban J connectivity index is 2.47. The van der Waals surface area contributed by atoms with Crippen molar-refractivity contribution >= 4 is 6.29 Å². The van der Waals surface area contributed by atoms with Crippen molar-refractivity contribution in [3.8, 4) is 0 Å². The fourth-order valence-corrected chi connectivity index (χ4v) is 1.83. The lowest BCUT2D eigenvalue weighted by molar-refractivity contribution is 0.111. The van der Waals surface area contributed by atoms with Gasteiger partial charge in [-0.1, -0.05) is 0 Å². The van der Waals surface area contributed by atoms with Gasteiger partial charge in [-0.05, 0) is 13.5 Å². The van der Waals surface area contributed by atoms with Crippen LogP contribution in [-0.4, -0.2) is 34.6 Å². The summed E-state index contributed by atoms with van der Waals surface area (Å²) in [5.74, 6) is 0. The third-order valence-electron chi connectivity index (χ3n) is 2.58. The number of rotatable bonds is 1. The van der Waals surface area contributed by atoms with E-state index in [0.717, 1.165) is 31.4 Å². The second-order valence-electron chi connectivity index (χ2n) is 3.54. The summed E-state index contributed by atoms with van der Waals surface area (Å²) < 4.78 is 1.81. The number of aryl methyl sites for hydroxylation is 1. The third-order valence-corrected chi connectivity index (χ3v) is 2.58. The highest BCUT2D eigenvalue weighted by Gasteiger charge is 2.20. The van der Waals surface area contributed by atoms with E-state index in [1.807, 2.05) is 11.7 Å². The summed E-state index contributed by atoms with van der Waals surface area (Å²) in [4.78, 5) is 12.9. The van der Waals surface area contributed by atoms with Crippen molar-refractivity contribution in [3.05, 3.63) is 17.0 Å².